The molecule has 2 heterocycles. The topological polar surface area (TPSA) is 116 Å². The number of carbonyl (C=O) groups is 1. The van der Waals surface area contributed by atoms with Crippen LogP contribution in [0.2, 0.25) is 0 Å². The van der Waals surface area contributed by atoms with Gasteiger partial charge in [-0.2, -0.15) is 0 Å². The molecule has 0 unspecified atom stereocenters. The SMILES string of the molecule is Cn1c(SCC(=O)Nc2cccc([N+](=O)[O-])c2)nnc1-c1cc(-c2ccccc2)nc2ccccc12. The molecule has 0 aliphatic heterocycles. The lowest BCUT2D eigenvalue weighted by Gasteiger charge is -2.10. The molecule has 2 aromatic heterocycles. The first kappa shape index (κ1) is 23.2. The summed E-state index contributed by atoms with van der Waals surface area (Å²) in [7, 11) is 1.85. The number of anilines is 1. The molecule has 10 heteroatoms. The van der Waals surface area contributed by atoms with E-state index in [1.54, 1.807) is 6.07 Å². The third-order valence-corrected chi connectivity index (χ3v) is 6.55. The minimum atomic E-state index is -0.502. The Bertz CT molecular complexity index is 1590. The van der Waals surface area contributed by atoms with Gasteiger partial charge in [-0.3, -0.25) is 14.9 Å². The lowest BCUT2D eigenvalue weighted by Crippen LogP contribution is -2.14. The van der Waals surface area contributed by atoms with Gasteiger partial charge in [-0.05, 0) is 18.2 Å². The Morgan fingerprint density at radius 2 is 1.78 bits per heavy atom. The number of fused-ring (bicyclic) bond motifs is 1. The van der Waals surface area contributed by atoms with E-state index >= 15 is 0 Å². The van der Waals surface area contributed by atoms with Crippen LogP contribution in [0.25, 0.3) is 33.5 Å². The summed E-state index contributed by atoms with van der Waals surface area (Å²) >= 11 is 1.23. The van der Waals surface area contributed by atoms with Crippen LogP contribution in [-0.2, 0) is 11.8 Å². The minimum absolute atomic E-state index is 0.0705. The maximum absolute atomic E-state index is 12.5. The fourth-order valence-electron chi connectivity index (χ4n) is 3.82. The van der Waals surface area contributed by atoms with Crippen molar-refractivity contribution in [2.24, 2.45) is 7.05 Å². The number of nitrogens with one attached hydrogen (secondary N) is 1. The van der Waals surface area contributed by atoms with Crippen LogP contribution in [0, 0.1) is 10.1 Å². The number of nitro benzene ring substituents is 1. The van der Waals surface area contributed by atoms with Crippen molar-refractivity contribution in [3.8, 4) is 22.6 Å². The Kier molecular flexibility index (Phi) is 6.42. The Hall–Kier alpha value is -4.57. The highest BCUT2D eigenvalue weighted by Crippen LogP contribution is 2.32. The van der Waals surface area contributed by atoms with Gasteiger partial charge in [-0.15, -0.1) is 10.2 Å². The fourth-order valence-corrected chi connectivity index (χ4v) is 4.53. The van der Waals surface area contributed by atoms with Gasteiger partial charge in [-0.25, -0.2) is 4.98 Å². The van der Waals surface area contributed by atoms with E-state index in [2.05, 4.69) is 15.5 Å². The second-order valence-corrected chi connectivity index (χ2v) is 8.89. The van der Waals surface area contributed by atoms with E-state index in [4.69, 9.17) is 4.98 Å². The van der Waals surface area contributed by atoms with E-state index in [0.717, 1.165) is 27.7 Å². The van der Waals surface area contributed by atoms with E-state index in [-0.39, 0.29) is 17.3 Å². The molecule has 0 spiro atoms. The van der Waals surface area contributed by atoms with Crippen LogP contribution in [0.15, 0.2) is 90.1 Å². The standard InChI is InChI=1S/C26H20N6O3S/c1-31-25(21-15-23(17-8-3-2-4-9-17)28-22-13-6-5-12-20(21)22)29-30-26(31)36-16-24(33)27-18-10-7-11-19(14-18)32(34)35/h2-15H,16H2,1H3,(H,27,33). The third kappa shape index (κ3) is 4.80. The molecule has 0 radical (unpaired) electrons. The van der Waals surface area contributed by atoms with E-state index in [1.807, 2.05) is 72.3 Å². The van der Waals surface area contributed by atoms with Crippen LogP contribution < -0.4 is 5.32 Å². The zero-order valence-electron chi connectivity index (χ0n) is 19.2. The first-order chi connectivity index (χ1) is 17.5. The predicted octanol–water partition coefficient (Wildman–Crippen LogP) is 5.34. The van der Waals surface area contributed by atoms with Gasteiger partial charge in [0.1, 0.15) is 0 Å². The quantitative estimate of drug-likeness (QED) is 0.184. The zero-order chi connectivity index (χ0) is 25.1. The van der Waals surface area contributed by atoms with Crippen molar-refractivity contribution in [3.05, 3.63) is 95.0 Å². The van der Waals surface area contributed by atoms with Gasteiger partial charge in [0.25, 0.3) is 5.69 Å². The van der Waals surface area contributed by atoms with Crippen molar-refractivity contribution in [2.75, 3.05) is 11.1 Å². The van der Waals surface area contributed by atoms with E-state index in [1.165, 1.54) is 30.0 Å². The summed E-state index contributed by atoms with van der Waals surface area (Å²) in [5, 5.41) is 23.9. The van der Waals surface area contributed by atoms with Crippen LogP contribution in [0.4, 0.5) is 11.4 Å². The van der Waals surface area contributed by atoms with Crippen molar-refractivity contribution in [3.63, 3.8) is 0 Å². The number of carbonyl (C=O) groups excluding carboxylic acids is 1. The molecule has 0 saturated carbocycles. The summed E-state index contributed by atoms with van der Waals surface area (Å²) in [6.45, 7) is 0. The normalized spacial score (nSPS) is 10.9. The number of nitrogens with zero attached hydrogens (tertiary/aromatic N) is 5. The first-order valence-electron chi connectivity index (χ1n) is 11.0. The third-order valence-electron chi connectivity index (χ3n) is 5.53. The fraction of sp³-hybridized carbons (Fsp3) is 0.0769. The second kappa shape index (κ2) is 9.96. The first-order valence-corrected chi connectivity index (χ1v) is 12.0. The summed E-state index contributed by atoms with van der Waals surface area (Å²) in [5.74, 6) is 0.430. The predicted molar refractivity (Wildman–Crippen MR) is 140 cm³/mol. The number of aromatic nitrogens is 4. The molecule has 0 fully saturated rings. The van der Waals surface area contributed by atoms with Gasteiger partial charge in [0.2, 0.25) is 5.91 Å². The molecule has 9 nitrogen and oxygen atoms in total. The van der Waals surface area contributed by atoms with E-state index in [0.29, 0.717) is 16.7 Å². The molecule has 5 rings (SSSR count). The summed E-state index contributed by atoms with van der Waals surface area (Å²) < 4.78 is 1.85. The lowest BCUT2D eigenvalue weighted by atomic mass is 10.0. The van der Waals surface area contributed by atoms with E-state index < -0.39 is 4.92 Å². The van der Waals surface area contributed by atoms with Gasteiger partial charge in [0, 0.05) is 41.4 Å². The smallest absolute Gasteiger partial charge is 0.271 e. The van der Waals surface area contributed by atoms with Crippen molar-refractivity contribution in [1.82, 2.24) is 19.7 Å². The summed E-state index contributed by atoms with van der Waals surface area (Å²) in [4.78, 5) is 27.7. The lowest BCUT2D eigenvalue weighted by molar-refractivity contribution is -0.384. The van der Waals surface area contributed by atoms with Gasteiger partial charge < -0.3 is 9.88 Å². The highest BCUT2D eigenvalue weighted by molar-refractivity contribution is 7.99. The number of hydrogen-bond donors (Lipinski definition) is 1. The van der Waals surface area contributed by atoms with Gasteiger partial charge in [-0.1, -0.05) is 66.4 Å². The average Bonchev–Trinajstić information content (AvgIpc) is 3.27. The van der Waals surface area contributed by atoms with Crippen molar-refractivity contribution >= 4 is 39.9 Å². The highest BCUT2D eigenvalue weighted by atomic mass is 32.2. The number of pyridine rings is 1. The van der Waals surface area contributed by atoms with Crippen LogP contribution in [0.5, 0.6) is 0 Å². The number of benzene rings is 3. The molecule has 0 atom stereocenters. The Balaban J connectivity index is 1.39. The maximum atomic E-state index is 12.5. The molecule has 0 saturated heterocycles. The molecule has 5 aromatic rings. The number of rotatable bonds is 7. The van der Waals surface area contributed by atoms with Gasteiger partial charge >= 0.3 is 0 Å². The monoisotopic (exact) mass is 496 g/mol. The zero-order valence-corrected chi connectivity index (χ0v) is 20.0. The molecular weight excluding hydrogens is 476 g/mol. The van der Waals surface area contributed by atoms with Crippen molar-refractivity contribution in [2.45, 2.75) is 5.16 Å². The summed E-state index contributed by atoms with van der Waals surface area (Å²) in [6.07, 6.45) is 0. The van der Waals surface area contributed by atoms with Crippen molar-refractivity contribution < 1.29 is 9.72 Å². The highest BCUT2D eigenvalue weighted by Gasteiger charge is 2.17. The average molecular weight is 497 g/mol. The van der Waals surface area contributed by atoms with Gasteiger partial charge in [0.05, 0.1) is 21.9 Å². The number of non-ortho nitro benzene ring substituents is 1. The number of para-hydroxylation sites is 1. The van der Waals surface area contributed by atoms with Crippen LogP contribution in [-0.4, -0.2) is 36.3 Å². The molecule has 178 valence electrons. The molecule has 0 aliphatic carbocycles. The maximum Gasteiger partial charge on any atom is 0.271 e. The van der Waals surface area contributed by atoms with E-state index in [9.17, 15) is 14.9 Å². The summed E-state index contributed by atoms with van der Waals surface area (Å²) in [6, 6.07) is 25.6. The number of thioether (sulfide) groups is 1. The second-order valence-electron chi connectivity index (χ2n) is 7.95. The summed E-state index contributed by atoms with van der Waals surface area (Å²) in [5.41, 5.74) is 3.85. The Labute approximate surface area is 210 Å². The number of hydrogen-bond acceptors (Lipinski definition) is 7. The molecule has 3 aromatic carbocycles. The Morgan fingerprint density at radius 1 is 1.00 bits per heavy atom. The van der Waals surface area contributed by atoms with Crippen LogP contribution >= 0.6 is 11.8 Å². The molecule has 36 heavy (non-hydrogen) atoms. The van der Waals surface area contributed by atoms with Gasteiger partial charge in [0.15, 0.2) is 11.0 Å². The molecule has 0 aliphatic rings. The number of amides is 1. The Morgan fingerprint density at radius 3 is 2.58 bits per heavy atom. The largest absolute Gasteiger partial charge is 0.325 e. The minimum Gasteiger partial charge on any atom is -0.325 e. The molecule has 1 N–H and O–H groups in total. The number of nitro groups is 1. The molecule has 1 amide bonds. The van der Waals surface area contributed by atoms with Crippen LogP contribution in [0.3, 0.4) is 0 Å². The molecule has 0 bridgehead atoms. The van der Waals surface area contributed by atoms with Crippen molar-refractivity contribution in [1.29, 1.82) is 0 Å². The molecular formula is C26H20N6O3S. The van der Waals surface area contributed by atoms with Crippen LogP contribution in [0.1, 0.15) is 0 Å².